The summed E-state index contributed by atoms with van der Waals surface area (Å²) < 4.78 is 0. The number of hydrogen-bond donors (Lipinski definition) is 3. The Balaban J connectivity index is 2.65. The van der Waals surface area contributed by atoms with Crippen LogP contribution < -0.4 is 11.1 Å². The zero-order chi connectivity index (χ0) is 13.6. The number of amides is 1. The van der Waals surface area contributed by atoms with Crippen molar-refractivity contribution in [2.24, 2.45) is 11.1 Å². The molecule has 1 rings (SSSR count). The SMILES string of the molecule is CCC(CC)(CO)CNc1ccc(C(N)=O)cc1. The molecule has 1 amide bonds. The van der Waals surface area contributed by atoms with Gasteiger partial charge in [-0.3, -0.25) is 4.79 Å². The largest absolute Gasteiger partial charge is 0.396 e. The molecule has 0 spiro atoms. The predicted molar refractivity (Wildman–Crippen MR) is 73.6 cm³/mol. The van der Waals surface area contributed by atoms with E-state index in [1.807, 2.05) is 12.1 Å². The molecule has 0 aliphatic heterocycles. The first-order valence-corrected chi connectivity index (χ1v) is 6.31. The van der Waals surface area contributed by atoms with Crippen LogP contribution in [-0.2, 0) is 0 Å². The van der Waals surface area contributed by atoms with Crippen molar-refractivity contribution in [2.75, 3.05) is 18.5 Å². The van der Waals surface area contributed by atoms with E-state index in [9.17, 15) is 9.90 Å². The first kappa shape index (κ1) is 14.5. The summed E-state index contributed by atoms with van der Waals surface area (Å²) in [5.41, 5.74) is 6.53. The normalized spacial score (nSPS) is 11.3. The lowest BCUT2D eigenvalue weighted by atomic mass is 9.83. The maximum atomic E-state index is 10.9. The van der Waals surface area contributed by atoms with Gasteiger partial charge in [0.2, 0.25) is 5.91 Å². The molecular formula is C14H22N2O2. The van der Waals surface area contributed by atoms with Gasteiger partial charge in [-0.25, -0.2) is 0 Å². The van der Waals surface area contributed by atoms with Crippen LogP contribution in [0.25, 0.3) is 0 Å². The van der Waals surface area contributed by atoms with E-state index < -0.39 is 5.91 Å². The smallest absolute Gasteiger partial charge is 0.248 e. The van der Waals surface area contributed by atoms with Gasteiger partial charge in [0.05, 0.1) is 6.61 Å². The highest BCUT2D eigenvalue weighted by molar-refractivity contribution is 5.93. The molecule has 0 saturated carbocycles. The van der Waals surface area contributed by atoms with E-state index in [4.69, 9.17) is 5.73 Å². The van der Waals surface area contributed by atoms with Crippen molar-refractivity contribution in [1.82, 2.24) is 0 Å². The standard InChI is InChI=1S/C14H22N2O2/c1-3-14(4-2,10-17)9-16-12-7-5-11(6-8-12)13(15)18/h5-8,16-17H,3-4,9-10H2,1-2H3,(H2,15,18). The second kappa shape index (κ2) is 6.40. The molecule has 0 heterocycles. The molecular weight excluding hydrogens is 228 g/mol. The Morgan fingerprint density at radius 2 is 1.83 bits per heavy atom. The highest BCUT2D eigenvalue weighted by Gasteiger charge is 2.24. The Kier molecular flexibility index (Phi) is 5.16. The summed E-state index contributed by atoms with van der Waals surface area (Å²) in [7, 11) is 0. The van der Waals surface area contributed by atoms with Crippen LogP contribution in [-0.4, -0.2) is 24.2 Å². The van der Waals surface area contributed by atoms with E-state index in [2.05, 4.69) is 19.2 Å². The number of nitrogens with two attached hydrogens (primary N) is 1. The van der Waals surface area contributed by atoms with Gasteiger partial charge in [0.1, 0.15) is 0 Å². The average Bonchev–Trinajstić information content (AvgIpc) is 2.41. The van der Waals surface area contributed by atoms with Gasteiger partial charge in [-0.05, 0) is 37.1 Å². The maximum absolute atomic E-state index is 10.9. The van der Waals surface area contributed by atoms with Crippen LogP contribution in [0.4, 0.5) is 5.69 Å². The average molecular weight is 250 g/mol. The maximum Gasteiger partial charge on any atom is 0.248 e. The minimum absolute atomic E-state index is 0.0810. The molecule has 1 aromatic rings. The van der Waals surface area contributed by atoms with Gasteiger partial charge in [-0.1, -0.05) is 13.8 Å². The number of hydrogen-bond acceptors (Lipinski definition) is 3. The highest BCUT2D eigenvalue weighted by Crippen LogP contribution is 2.26. The summed E-state index contributed by atoms with van der Waals surface area (Å²) in [6, 6.07) is 7.05. The number of aliphatic hydroxyl groups excluding tert-OH is 1. The number of carbonyl (C=O) groups is 1. The summed E-state index contributed by atoms with van der Waals surface area (Å²) in [5, 5.41) is 12.8. The van der Waals surface area contributed by atoms with Gasteiger partial charge < -0.3 is 16.2 Å². The monoisotopic (exact) mass is 250 g/mol. The van der Waals surface area contributed by atoms with Crippen LogP contribution in [0, 0.1) is 5.41 Å². The molecule has 0 unspecified atom stereocenters. The highest BCUT2D eigenvalue weighted by atomic mass is 16.3. The fraction of sp³-hybridized carbons (Fsp3) is 0.500. The van der Waals surface area contributed by atoms with Gasteiger partial charge in [0, 0.05) is 23.2 Å². The van der Waals surface area contributed by atoms with E-state index in [-0.39, 0.29) is 12.0 Å². The fourth-order valence-corrected chi connectivity index (χ4v) is 1.82. The molecule has 0 atom stereocenters. The Morgan fingerprint density at radius 3 is 2.22 bits per heavy atom. The zero-order valence-corrected chi connectivity index (χ0v) is 11.1. The molecule has 4 nitrogen and oxygen atoms in total. The molecule has 0 aromatic heterocycles. The first-order valence-electron chi connectivity index (χ1n) is 6.31. The molecule has 0 saturated heterocycles. The topological polar surface area (TPSA) is 75.3 Å². The molecule has 18 heavy (non-hydrogen) atoms. The number of benzene rings is 1. The third kappa shape index (κ3) is 3.47. The molecule has 4 heteroatoms. The van der Waals surface area contributed by atoms with Crippen molar-refractivity contribution in [2.45, 2.75) is 26.7 Å². The number of aliphatic hydroxyl groups is 1. The molecule has 0 radical (unpaired) electrons. The molecule has 1 aromatic carbocycles. The number of rotatable bonds is 7. The molecule has 100 valence electrons. The zero-order valence-electron chi connectivity index (χ0n) is 11.1. The van der Waals surface area contributed by atoms with Gasteiger partial charge in [0.15, 0.2) is 0 Å². The summed E-state index contributed by atoms with van der Waals surface area (Å²) >= 11 is 0. The van der Waals surface area contributed by atoms with Crippen LogP contribution in [0.15, 0.2) is 24.3 Å². The second-order valence-corrected chi connectivity index (χ2v) is 4.66. The van der Waals surface area contributed by atoms with Crippen molar-refractivity contribution in [3.05, 3.63) is 29.8 Å². The summed E-state index contributed by atoms with van der Waals surface area (Å²) in [6.45, 7) is 5.05. The molecule has 0 fully saturated rings. The minimum atomic E-state index is -0.423. The van der Waals surface area contributed by atoms with E-state index in [1.54, 1.807) is 12.1 Å². The summed E-state index contributed by atoms with van der Waals surface area (Å²) in [6.07, 6.45) is 1.85. The Bertz CT molecular complexity index is 375. The minimum Gasteiger partial charge on any atom is -0.396 e. The van der Waals surface area contributed by atoms with Crippen molar-refractivity contribution in [1.29, 1.82) is 0 Å². The van der Waals surface area contributed by atoms with E-state index in [0.717, 1.165) is 18.5 Å². The van der Waals surface area contributed by atoms with Gasteiger partial charge >= 0.3 is 0 Å². The quantitative estimate of drug-likeness (QED) is 0.692. The van der Waals surface area contributed by atoms with E-state index in [0.29, 0.717) is 12.1 Å². The van der Waals surface area contributed by atoms with Crippen molar-refractivity contribution >= 4 is 11.6 Å². The van der Waals surface area contributed by atoms with E-state index in [1.165, 1.54) is 0 Å². The second-order valence-electron chi connectivity index (χ2n) is 4.66. The van der Waals surface area contributed by atoms with Crippen LogP contribution in [0.2, 0.25) is 0 Å². The van der Waals surface area contributed by atoms with E-state index >= 15 is 0 Å². The fourth-order valence-electron chi connectivity index (χ4n) is 1.82. The number of carbonyl (C=O) groups excluding carboxylic acids is 1. The first-order chi connectivity index (χ1) is 8.56. The number of anilines is 1. The third-order valence-corrected chi connectivity index (χ3v) is 3.67. The third-order valence-electron chi connectivity index (χ3n) is 3.67. The Morgan fingerprint density at radius 1 is 1.28 bits per heavy atom. The Labute approximate surface area is 108 Å². The van der Waals surface area contributed by atoms with Crippen molar-refractivity contribution in [3.63, 3.8) is 0 Å². The van der Waals surface area contributed by atoms with Crippen LogP contribution >= 0.6 is 0 Å². The van der Waals surface area contributed by atoms with Crippen LogP contribution in [0.1, 0.15) is 37.0 Å². The van der Waals surface area contributed by atoms with Crippen molar-refractivity contribution in [3.8, 4) is 0 Å². The van der Waals surface area contributed by atoms with Crippen LogP contribution in [0.3, 0.4) is 0 Å². The lowest BCUT2D eigenvalue weighted by Gasteiger charge is -2.30. The molecule has 4 N–H and O–H groups in total. The van der Waals surface area contributed by atoms with Gasteiger partial charge in [-0.15, -0.1) is 0 Å². The number of nitrogens with one attached hydrogen (secondary N) is 1. The predicted octanol–water partition coefficient (Wildman–Crippen LogP) is 2.00. The molecule has 0 aliphatic rings. The number of primary amides is 1. The van der Waals surface area contributed by atoms with Gasteiger partial charge in [-0.2, -0.15) is 0 Å². The van der Waals surface area contributed by atoms with Crippen LogP contribution in [0.5, 0.6) is 0 Å². The Hall–Kier alpha value is -1.55. The summed E-state index contributed by atoms with van der Waals surface area (Å²) in [4.78, 5) is 10.9. The van der Waals surface area contributed by atoms with Crippen molar-refractivity contribution < 1.29 is 9.90 Å². The summed E-state index contributed by atoms with van der Waals surface area (Å²) in [5.74, 6) is -0.423. The lowest BCUT2D eigenvalue weighted by Crippen LogP contribution is -2.32. The molecule has 0 aliphatic carbocycles. The lowest BCUT2D eigenvalue weighted by molar-refractivity contribution is 0.100. The van der Waals surface area contributed by atoms with Gasteiger partial charge in [0.25, 0.3) is 0 Å². The molecule has 0 bridgehead atoms.